The lowest BCUT2D eigenvalue weighted by molar-refractivity contribution is 0.355. The third-order valence-electron chi connectivity index (χ3n) is 2.29. The monoisotopic (exact) mass is 236 g/mol. The van der Waals surface area contributed by atoms with Gasteiger partial charge in [-0.2, -0.15) is 4.98 Å². The second-order valence-corrected chi connectivity index (χ2v) is 4.24. The number of hydrogen-bond donors (Lipinski definition) is 1. The van der Waals surface area contributed by atoms with Crippen molar-refractivity contribution in [2.45, 2.75) is 13.0 Å². The zero-order chi connectivity index (χ0) is 12.4. The van der Waals surface area contributed by atoms with E-state index < -0.39 is 0 Å². The summed E-state index contributed by atoms with van der Waals surface area (Å²) in [4.78, 5) is 6.19. The second kappa shape index (κ2) is 4.68. The summed E-state index contributed by atoms with van der Waals surface area (Å²) in [5.41, 5.74) is 5.94. The van der Waals surface area contributed by atoms with Gasteiger partial charge in [0.05, 0.1) is 6.04 Å². The van der Waals surface area contributed by atoms with Gasteiger partial charge in [-0.15, -0.1) is 0 Å². The van der Waals surface area contributed by atoms with Crippen molar-refractivity contribution in [2.75, 3.05) is 20.6 Å². The van der Waals surface area contributed by atoms with Gasteiger partial charge in [-0.25, -0.2) is 0 Å². The van der Waals surface area contributed by atoms with Gasteiger partial charge in [0.25, 0.3) is 5.89 Å². The van der Waals surface area contributed by atoms with E-state index >= 15 is 0 Å². The van der Waals surface area contributed by atoms with Crippen LogP contribution in [0.3, 0.4) is 0 Å². The van der Waals surface area contributed by atoms with Crippen molar-refractivity contribution in [3.63, 3.8) is 0 Å². The molecule has 0 aromatic carbocycles. The van der Waals surface area contributed by atoms with Gasteiger partial charge >= 0.3 is 0 Å². The number of furan rings is 1. The van der Waals surface area contributed by atoms with Crippen LogP contribution in [-0.4, -0.2) is 35.7 Å². The molecule has 17 heavy (non-hydrogen) atoms. The molecule has 6 heteroatoms. The highest BCUT2D eigenvalue weighted by Gasteiger charge is 2.17. The van der Waals surface area contributed by atoms with Crippen molar-refractivity contribution in [3.05, 3.63) is 23.7 Å². The minimum absolute atomic E-state index is 0.265. The molecule has 0 saturated carbocycles. The van der Waals surface area contributed by atoms with E-state index in [1.54, 1.807) is 6.07 Å². The molecule has 0 fully saturated rings. The van der Waals surface area contributed by atoms with E-state index in [2.05, 4.69) is 10.1 Å². The standard InChI is InChI=1S/C11H16N4O2/c1-7-4-5-9(16-7)11-13-10(14-17-11)8(12)6-15(2)3/h4-5,8H,6,12H2,1-3H3. The number of rotatable bonds is 4. The molecule has 1 unspecified atom stereocenters. The summed E-state index contributed by atoms with van der Waals surface area (Å²) in [6.45, 7) is 2.52. The lowest BCUT2D eigenvalue weighted by Crippen LogP contribution is -2.26. The van der Waals surface area contributed by atoms with Gasteiger partial charge < -0.3 is 19.6 Å². The van der Waals surface area contributed by atoms with Gasteiger partial charge in [-0.3, -0.25) is 0 Å². The van der Waals surface area contributed by atoms with Crippen LogP contribution in [0.4, 0.5) is 0 Å². The van der Waals surface area contributed by atoms with Gasteiger partial charge in [-0.05, 0) is 33.2 Å². The van der Waals surface area contributed by atoms with E-state index in [4.69, 9.17) is 14.7 Å². The largest absolute Gasteiger partial charge is 0.456 e. The molecular formula is C11H16N4O2. The van der Waals surface area contributed by atoms with Crippen molar-refractivity contribution in [1.82, 2.24) is 15.0 Å². The molecule has 2 heterocycles. The summed E-state index contributed by atoms with van der Waals surface area (Å²) in [6.07, 6.45) is 0. The van der Waals surface area contributed by atoms with Gasteiger partial charge in [0.15, 0.2) is 11.6 Å². The van der Waals surface area contributed by atoms with Gasteiger partial charge in [0, 0.05) is 6.54 Å². The maximum absolute atomic E-state index is 5.94. The molecule has 2 rings (SSSR count). The van der Waals surface area contributed by atoms with Crippen LogP contribution < -0.4 is 5.73 Å². The Labute approximate surface area is 99.4 Å². The molecule has 2 N–H and O–H groups in total. The van der Waals surface area contributed by atoms with Crippen LogP contribution in [-0.2, 0) is 0 Å². The Morgan fingerprint density at radius 2 is 2.18 bits per heavy atom. The highest BCUT2D eigenvalue weighted by molar-refractivity contribution is 5.44. The van der Waals surface area contributed by atoms with E-state index in [-0.39, 0.29) is 6.04 Å². The summed E-state index contributed by atoms with van der Waals surface area (Å²) < 4.78 is 10.5. The van der Waals surface area contributed by atoms with E-state index in [1.165, 1.54) is 0 Å². The predicted molar refractivity (Wildman–Crippen MR) is 62.2 cm³/mol. The Hall–Kier alpha value is -1.66. The Balaban J connectivity index is 2.15. The molecule has 0 aliphatic carbocycles. The van der Waals surface area contributed by atoms with Gasteiger partial charge in [0.2, 0.25) is 0 Å². The molecule has 1 atom stereocenters. The zero-order valence-corrected chi connectivity index (χ0v) is 10.2. The summed E-state index contributed by atoms with van der Waals surface area (Å²) in [5, 5.41) is 3.86. The first-order valence-electron chi connectivity index (χ1n) is 5.37. The summed E-state index contributed by atoms with van der Waals surface area (Å²) in [7, 11) is 3.88. The average Bonchev–Trinajstić information content (AvgIpc) is 2.84. The van der Waals surface area contributed by atoms with Crippen LogP contribution in [0.15, 0.2) is 21.1 Å². The van der Waals surface area contributed by atoms with E-state index in [1.807, 2.05) is 32.0 Å². The van der Waals surface area contributed by atoms with Crippen LogP contribution in [0, 0.1) is 6.92 Å². The minimum Gasteiger partial charge on any atom is -0.456 e. The lowest BCUT2D eigenvalue weighted by Gasteiger charge is -2.12. The average molecular weight is 236 g/mol. The molecule has 0 bridgehead atoms. The van der Waals surface area contributed by atoms with Crippen molar-refractivity contribution >= 4 is 0 Å². The normalized spacial score (nSPS) is 13.2. The number of likely N-dealkylation sites (N-methyl/N-ethyl adjacent to an activating group) is 1. The van der Waals surface area contributed by atoms with Crippen LogP contribution in [0.2, 0.25) is 0 Å². The van der Waals surface area contributed by atoms with E-state index in [0.717, 1.165) is 5.76 Å². The molecule has 0 saturated heterocycles. The van der Waals surface area contributed by atoms with E-state index in [9.17, 15) is 0 Å². The van der Waals surface area contributed by atoms with Crippen molar-refractivity contribution in [2.24, 2.45) is 5.73 Å². The first-order valence-corrected chi connectivity index (χ1v) is 5.37. The molecule has 0 amide bonds. The lowest BCUT2D eigenvalue weighted by atomic mass is 10.3. The van der Waals surface area contributed by atoms with Crippen LogP contribution >= 0.6 is 0 Å². The Morgan fingerprint density at radius 3 is 2.76 bits per heavy atom. The zero-order valence-electron chi connectivity index (χ0n) is 10.2. The first-order chi connectivity index (χ1) is 8.06. The number of hydrogen-bond acceptors (Lipinski definition) is 6. The van der Waals surface area contributed by atoms with Gasteiger partial charge in [-0.1, -0.05) is 5.16 Å². The molecule has 6 nitrogen and oxygen atoms in total. The Morgan fingerprint density at radius 1 is 1.41 bits per heavy atom. The maximum atomic E-state index is 5.94. The first kappa shape index (κ1) is 11.8. The summed E-state index contributed by atoms with van der Waals surface area (Å²) in [6, 6.07) is 3.38. The molecule has 2 aromatic rings. The van der Waals surface area contributed by atoms with E-state index in [0.29, 0.717) is 24.0 Å². The molecule has 0 spiro atoms. The van der Waals surface area contributed by atoms with Crippen molar-refractivity contribution in [3.8, 4) is 11.7 Å². The Kier molecular flexibility index (Phi) is 3.26. The van der Waals surface area contributed by atoms with Crippen molar-refractivity contribution < 1.29 is 8.94 Å². The van der Waals surface area contributed by atoms with Gasteiger partial charge in [0.1, 0.15) is 5.76 Å². The number of nitrogens with two attached hydrogens (primary N) is 1. The number of nitrogens with zero attached hydrogens (tertiary/aromatic N) is 3. The topological polar surface area (TPSA) is 81.3 Å². The molecule has 0 aliphatic rings. The maximum Gasteiger partial charge on any atom is 0.293 e. The van der Waals surface area contributed by atoms with Crippen LogP contribution in [0.5, 0.6) is 0 Å². The minimum atomic E-state index is -0.265. The summed E-state index contributed by atoms with van der Waals surface area (Å²) in [5.74, 6) is 2.22. The van der Waals surface area contributed by atoms with Crippen LogP contribution in [0.1, 0.15) is 17.6 Å². The molecular weight excluding hydrogens is 220 g/mol. The second-order valence-electron chi connectivity index (χ2n) is 4.24. The molecule has 0 aliphatic heterocycles. The fourth-order valence-electron chi connectivity index (χ4n) is 1.51. The quantitative estimate of drug-likeness (QED) is 0.859. The predicted octanol–water partition coefficient (Wildman–Crippen LogP) is 1.20. The SMILES string of the molecule is Cc1ccc(-c2nc(C(N)CN(C)C)no2)o1. The fraction of sp³-hybridized carbons (Fsp3) is 0.455. The third-order valence-corrected chi connectivity index (χ3v) is 2.29. The number of aryl methyl sites for hydroxylation is 1. The van der Waals surface area contributed by atoms with Crippen LogP contribution in [0.25, 0.3) is 11.7 Å². The number of aromatic nitrogens is 2. The Bertz CT molecular complexity index is 489. The highest BCUT2D eigenvalue weighted by atomic mass is 16.5. The fourth-order valence-corrected chi connectivity index (χ4v) is 1.51. The molecule has 92 valence electrons. The smallest absolute Gasteiger partial charge is 0.293 e. The van der Waals surface area contributed by atoms with Crippen molar-refractivity contribution in [1.29, 1.82) is 0 Å². The highest BCUT2D eigenvalue weighted by Crippen LogP contribution is 2.21. The molecule has 2 aromatic heterocycles. The summed E-state index contributed by atoms with van der Waals surface area (Å²) >= 11 is 0. The third kappa shape index (κ3) is 2.72. The molecule has 0 radical (unpaired) electrons.